The average molecular weight is 413 g/mol. The van der Waals surface area contributed by atoms with E-state index in [0.29, 0.717) is 0 Å². The van der Waals surface area contributed by atoms with E-state index in [1.165, 1.54) is 103 Å². The Bertz CT molecular complexity index is 297. The van der Waals surface area contributed by atoms with Crippen molar-refractivity contribution in [3.63, 3.8) is 0 Å². The molecule has 0 unspecified atom stereocenters. The molecule has 0 fully saturated rings. The first-order chi connectivity index (χ1) is 12.8. The smallest absolute Gasteiger partial charge is 0.330 e. The van der Waals surface area contributed by atoms with E-state index in [9.17, 15) is 0 Å². The number of hydrogen-bond donors (Lipinski definition) is 4. The van der Waals surface area contributed by atoms with Crippen LogP contribution in [0.25, 0.3) is 0 Å². The molecule has 0 spiro atoms. The van der Waals surface area contributed by atoms with Crippen LogP contribution in [0, 0.1) is 0 Å². The highest BCUT2D eigenvalue weighted by atomic mass is 32.3. The third kappa shape index (κ3) is 58.5. The summed E-state index contributed by atoms with van der Waals surface area (Å²) in [4.78, 5) is 0. The topological polar surface area (TPSA) is 127 Å². The molecule has 168 valence electrons. The van der Waals surface area contributed by atoms with Crippen molar-refractivity contribution < 1.29 is 17.5 Å². The van der Waals surface area contributed by atoms with Crippen LogP contribution in [-0.2, 0) is 10.4 Å². The third-order valence-electron chi connectivity index (χ3n) is 4.12. The molecule has 0 amide bonds. The Balaban J connectivity index is -0.000000344. The second kappa shape index (κ2) is 28.0. The Morgan fingerprint density at radius 3 is 0.889 bits per heavy atom. The van der Waals surface area contributed by atoms with Crippen molar-refractivity contribution in [3.8, 4) is 0 Å². The van der Waals surface area contributed by atoms with E-state index in [0.717, 1.165) is 13.1 Å². The fourth-order valence-electron chi connectivity index (χ4n) is 2.56. The lowest BCUT2D eigenvalue weighted by atomic mass is 10.1. The summed E-state index contributed by atoms with van der Waals surface area (Å²) in [5, 5.41) is 0. The van der Waals surface area contributed by atoms with Crippen LogP contribution in [0.5, 0.6) is 0 Å². The van der Waals surface area contributed by atoms with Gasteiger partial charge < -0.3 is 11.5 Å². The second-order valence-corrected chi connectivity index (χ2v) is 7.87. The Kier molecular flexibility index (Phi) is 32.7. The maximum absolute atomic E-state index is 8.74. The van der Waals surface area contributed by atoms with Crippen LogP contribution in [0.1, 0.15) is 117 Å². The molecule has 0 aliphatic rings. The van der Waals surface area contributed by atoms with Crippen LogP contribution in [-0.4, -0.2) is 30.6 Å². The molecule has 0 heterocycles. The third-order valence-corrected chi connectivity index (χ3v) is 4.12. The minimum atomic E-state index is -4.67. The number of hydrogen-bond acceptors (Lipinski definition) is 4. The highest BCUT2D eigenvalue weighted by Gasteiger charge is 1.90. The lowest BCUT2D eigenvalue weighted by molar-refractivity contribution is 0.381. The Morgan fingerprint density at radius 2 is 0.704 bits per heavy atom. The van der Waals surface area contributed by atoms with Gasteiger partial charge in [-0.3, -0.25) is 9.11 Å². The number of unbranched alkanes of at least 4 members (excludes halogenated alkanes) is 14. The van der Waals surface area contributed by atoms with Crippen LogP contribution in [0.3, 0.4) is 0 Å². The summed E-state index contributed by atoms with van der Waals surface area (Å²) >= 11 is 0. The van der Waals surface area contributed by atoms with Gasteiger partial charge in [0.1, 0.15) is 0 Å². The highest BCUT2D eigenvalue weighted by molar-refractivity contribution is 7.79. The summed E-state index contributed by atoms with van der Waals surface area (Å²) in [6.45, 7) is 6.26. The molecule has 0 aromatic carbocycles. The summed E-state index contributed by atoms with van der Waals surface area (Å²) in [5.74, 6) is 0. The van der Waals surface area contributed by atoms with Crippen LogP contribution in [0.15, 0.2) is 0 Å². The summed E-state index contributed by atoms with van der Waals surface area (Å²) in [6.07, 6.45) is 22.0. The highest BCUT2D eigenvalue weighted by Crippen LogP contribution is 2.08. The molecule has 0 radical (unpaired) electrons. The van der Waals surface area contributed by atoms with Crippen LogP contribution >= 0.6 is 0 Å². The average Bonchev–Trinajstić information content (AvgIpc) is 2.59. The zero-order valence-electron chi connectivity index (χ0n) is 18.0. The molecule has 6 N–H and O–H groups in total. The molecule has 0 aromatic heterocycles. The molecule has 0 aliphatic heterocycles. The van der Waals surface area contributed by atoms with Gasteiger partial charge >= 0.3 is 10.4 Å². The molecule has 0 aromatic rings. The zero-order chi connectivity index (χ0) is 21.2. The van der Waals surface area contributed by atoms with Gasteiger partial charge in [-0.2, -0.15) is 8.42 Å². The summed E-state index contributed by atoms with van der Waals surface area (Å²) in [5.41, 5.74) is 10.8. The lowest BCUT2D eigenvalue weighted by Crippen LogP contribution is -1.97. The molecule has 0 atom stereocenters. The predicted octanol–water partition coefficient (Wildman–Crippen LogP) is 5.52. The van der Waals surface area contributed by atoms with E-state index in [-0.39, 0.29) is 0 Å². The van der Waals surface area contributed by atoms with E-state index in [4.69, 9.17) is 29.0 Å². The van der Waals surface area contributed by atoms with Gasteiger partial charge in [0.25, 0.3) is 0 Å². The van der Waals surface area contributed by atoms with Gasteiger partial charge in [-0.05, 0) is 25.9 Å². The van der Waals surface area contributed by atoms with Gasteiger partial charge in [0.2, 0.25) is 0 Å². The van der Waals surface area contributed by atoms with E-state index in [1.807, 2.05) is 0 Å². The molecule has 7 heteroatoms. The van der Waals surface area contributed by atoms with Crippen molar-refractivity contribution in [3.05, 3.63) is 0 Å². The maximum atomic E-state index is 8.74. The minimum absolute atomic E-state index is 0.870. The standard InChI is InChI=1S/2C10H23N.H2O4S/c2*1-2-3-4-5-6-7-8-9-10-11;1-5(2,3)4/h2*2-11H2,1H3;(H2,1,2,3,4). The van der Waals surface area contributed by atoms with Crippen molar-refractivity contribution >= 4 is 10.4 Å². The SMILES string of the molecule is CCCCCCCCCCN.CCCCCCCCCCN.O=S(=O)(O)O. The van der Waals surface area contributed by atoms with Crippen molar-refractivity contribution in [2.24, 2.45) is 11.5 Å². The Hall–Kier alpha value is -0.210. The normalized spacial score (nSPS) is 10.6. The van der Waals surface area contributed by atoms with Gasteiger partial charge in [0.15, 0.2) is 0 Å². The molecule has 6 nitrogen and oxygen atoms in total. The van der Waals surface area contributed by atoms with E-state index in [1.54, 1.807) is 0 Å². The van der Waals surface area contributed by atoms with Crippen molar-refractivity contribution in [1.82, 2.24) is 0 Å². The van der Waals surface area contributed by atoms with Gasteiger partial charge in [-0.1, -0.05) is 104 Å². The molecule has 0 bridgehead atoms. The lowest BCUT2D eigenvalue weighted by Gasteiger charge is -1.99. The first-order valence-corrected chi connectivity index (χ1v) is 12.3. The molecule has 0 aliphatic carbocycles. The van der Waals surface area contributed by atoms with Crippen LogP contribution < -0.4 is 11.5 Å². The molecular weight excluding hydrogens is 364 g/mol. The summed E-state index contributed by atoms with van der Waals surface area (Å²) in [6, 6.07) is 0. The second-order valence-electron chi connectivity index (χ2n) is 6.97. The monoisotopic (exact) mass is 412 g/mol. The number of nitrogens with two attached hydrogens (primary N) is 2. The number of rotatable bonds is 16. The largest absolute Gasteiger partial charge is 0.394 e. The van der Waals surface area contributed by atoms with Crippen LogP contribution in [0.4, 0.5) is 0 Å². The van der Waals surface area contributed by atoms with Gasteiger partial charge in [0, 0.05) is 0 Å². The fraction of sp³-hybridized carbons (Fsp3) is 1.00. The summed E-state index contributed by atoms with van der Waals surface area (Å²) in [7, 11) is -4.67. The first-order valence-electron chi connectivity index (χ1n) is 10.9. The van der Waals surface area contributed by atoms with E-state index < -0.39 is 10.4 Å². The van der Waals surface area contributed by atoms with Gasteiger partial charge in [-0.25, -0.2) is 0 Å². The van der Waals surface area contributed by atoms with E-state index >= 15 is 0 Å². The van der Waals surface area contributed by atoms with Crippen molar-refractivity contribution in [2.45, 2.75) is 117 Å². The molecule has 27 heavy (non-hydrogen) atoms. The minimum Gasteiger partial charge on any atom is -0.330 e. The molecule has 0 saturated carbocycles. The predicted molar refractivity (Wildman–Crippen MR) is 118 cm³/mol. The Labute approximate surface area is 169 Å². The van der Waals surface area contributed by atoms with E-state index in [2.05, 4.69) is 13.8 Å². The molecule has 0 saturated heterocycles. The fourth-order valence-corrected chi connectivity index (χ4v) is 2.56. The van der Waals surface area contributed by atoms with Gasteiger partial charge in [0.05, 0.1) is 0 Å². The molecule has 0 rings (SSSR count). The van der Waals surface area contributed by atoms with Crippen molar-refractivity contribution in [1.29, 1.82) is 0 Å². The van der Waals surface area contributed by atoms with Crippen molar-refractivity contribution in [2.75, 3.05) is 13.1 Å². The maximum Gasteiger partial charge on any atom is 0.394 e. The Morgan fingerprint density at radius 1 is 0.519 bits per heavy atom. The first kappa shape index (κ1) is 31.5. The van der Waals surface area contributed by atoms with Crippen LogP contribution in [0.2, 0.25) is 0 Å². The quantitative estimate of drug-likeness (QED) is 0.195. The molecular formula is C20H48N2O4S. The summed E-state index contributed by atoms with van der Waals surface area (Å²) < 4.78 is 31.6. The van der Waals surface area contributed by atoms with Gasteiger partial charge in [-0.15, -0.1) is 0 Å². The zero-order valence-corrected chi connectivity index (χ0v) is 18.8.